The van der Waals surface area contributed by atoms with Crippen LogP contribution in [0.15, 0.2) is 18.3 Å². The molecule has 20 heavy (non-hydrogen) atoms. The molecule has 1 fully saturated rings. The van der Waals surface area contributed by atoms with Crippen LogP contribution in [0.25, 0.3) is 0 Å². The molecule has 2 heterocycles. The van der Waals surface area contributed by atoms with Crippen LogP contribution in [0, 0.1) is 0 Å². The van der Waals surface area contributed by atoms with Gasteiger partial charge in [-0.3, -0.25) is 14.5 Å². The molecule has 7 heteroatoms. The number of ether oxygens (including phenoxy) is 1. The number of piperazine rings is 1. The molecule has 0 radical (unpaired) electrons. The van der Waals surface area contributed by atoms with Gasteiger partial charge in [-0.05, 0) is 12.1 Å². The number of nitrogens with zero attached hydrogens (tertiary/aromatic N) is 3. The Morgan fingerprint density at radius 2 is 2.05 bits per heavy atom. The Morgan fingerprint density at radius 1 is 1.35 bits per heavy atom. The lowest BCUT2D eigenvalue weighted by Gasteiger charge is -2.33. The van der Waals surface area contributed by atoms with Crippen LogP contribution in [0.4, 0.5) is 0 Å². The number of pyridine rings is 1. The van der Waals surface area contributed by atoms with Crippen molar-refractivity contribution in [2.24, 2.45) is 0 Å². The number of methoxy groups -OCH3 is 1. The van der Waals surface area contributed by atoms with Crippen molar-refractivity contribution in [1.82, 2.24) is 14.8 Å². The summed E-state index contributed by atoms with van der Waals surface area (Å²) in [6.45, 7) is 2.13. The highest BCUT2D eigenvalue weighted by Crippen LogP contribution is 2.17. The van der Waals surface area contributed by atoms with E-state index in [4.69, 9.17) is 9.84 Å². The fraction of sp³-hybridized carbons (Fsp3) is 0.462. The number of carboxylic acids is 1. The molecule has 1 amide bonds. The number of carboxylic acid groups (broad SMARTS) is 1. The van der Waals surface area contributed by atoms with Gasteiger partial charge in [-0.25, -0.2) is 4.98 Å². The van der Waals surface area contributed by atoms with E-state index < -0.39 is 5.97 Å². The molecule has 1 saturated heterocycles. The Balaban J connectivity index is 2.00. The van der Waals surface area contributed by atoms with Crippen molar-refractivity contribution < 1.29 is 19.4 Å². The van der Waals surface area contributed by atoms with E-state index in [1.807, 2.05) is 4.90 Å². The van der Waals surface area contributed by atoms with E-state index in [0.717, 1.165) is 0 Å². The lowest BCUT2D eigenvalue weighted by atomic mass is 10.2. The molecule has 1 N–H and O–H groups in total. The highest BCUT2D eigenvalue weighted by molar-refractivity contribution is 5.96. The van der Waals surface area contributed by atoms with Gasteiger partial charge in [0.1, 0.15) is 5.56 Å². The van der Waals surface area contributed by atoms with Crippen LogP contribution in [-0.2, 0) is 4.79 Å². The molecule has 1 aromatic rings. The third-order valence-electron chi connectivity index (χ3n) is 3.21. The van der Waals surface area contributed by atoms with Gasteiger partial charge < -0.3 is 14.7 Å². The fourth-order valence-electron chi connectivity index (χ4n) is 2.19. The van der Waals surface area contributed by atoms with Gasteiger partial charge >= 0.3 is 5.97 Å². The summed E-state index contributed by atoms with van der Waals surface area (Å²) in [6.07, 6.45) is 1.57. The normalized spacial score (nSPS) is 15.9. The summed E-state index contributed by atoms with van der Waals surface area (Å²) < 4.78 is 5.08. The van der Waals surface area contributed by atoms with Crippen molar-refractivity contribution >= 4 is 11.9 Å². The van der Waals surface area contributed by atoms with Crippen molar-refractivity contribution in [2.75, 3.05) is 39.8 Å². The molecule has 1 aliphatic heterocycles. The van der Waals surface area contributed by atoms with E-state index in [9.17, 15) is 9.59 Å². The zero-order chi connectivity index (χ0) is 14.5. The Morgan fingerprint density at radius 3 is 2.65 bits per heavy atom. The molecular weight excluding hydrogens is 262 g/mol. The Labute approximate surface area is 116 Å². The molecule has 0 aromatic carbocycles. The molecule has 2 rings (SSSR count). The first-order valence-corrected chi connectivity index (χ1v) is 6.34. The average Bonchev–Trinajstić information content (AvgIpc) is 2.46. The van der Waals surface area contributed by atoms with Crippen molar-refractivity contribution in [3.63, 3.8) is 0 Å². The van der Waals surface area contributed by atoms with Crippen LogP contribution >= 0.6 is 0 Å². The number of carbonyl (C=O) groups is 2. The monoisotopic (exact) mass is 279 g/mol. The van der Waals surface area contributed by atoms with Crippen molar-refractivity contribution in [2.45, 2.75) is 0 Å². The highest BCUT2D eigenvalue weighted by Gasteiger charge is 2.25. The standard InChI is InChI=1S/C13H17N3O4/c1-20-12-10(3-2-4-14-12)13(19)16-7-5-15(6-8-16)9-11(17)18/h2-4H,5-9H2,1H3,(H,17,18). The second kappa shape index (κ2) is 6.33. The zero-order valence-electron chi connectivity index (χ0n) is 11.3. The first-order valence-electron chi connectivity index (χ1n) is 6.34. The third-order valence-corrected chi connectivity index (χ3v) is 3.21. The Bertz CT molecular complexity index is 498. The SMILES string of the molecule is COc1ncccc1C(=O)N1CCN(CC(=O)O)CC1. The quantitative estimate of drug-likeness (QED) is 0.831. The Kier molecular flexibility index (Phi) is 4.52. The van der Waals surface area contributed by atoms with Gasteiger partial charge in [0, 0.05) is 32.4 Å². The van der Waals surface area contributed by atoms with Gasteiger partial charge in [-0.1, -0.05) is 0 Å². The fourth-order valence-corrected chi connectivity index (χ4v) is 2.19. The first kappa shape index (κ1) is 14.3. The zero-order valence-corrected chi connectivity index (χ0v) is 11.3. The number of aliphatic carboxylic acids is 1. The van der Waals surface area contributed by atoms with E-state index in [-0.39, 0.29) is 12.5 Å². The van der Waals surface area contributed by atoms with E-state index >= 15 is 0 Å². The Hall–Kier alpha value is -2.15. The van der Waals surface area contributed by atoms with Gasteiger partial charge in [0.05, 0.1) is 13.7 Å². The lowest BCUT2D eigenvalue weighted by molar-refractivity contribution is -0.138. The predicted octanol–water partition coefficient (Wildman–Crippen LogP) is -0.0674. The summed E-state index contributed by atoms with van der Waals surface area (Å²) in [4.78, 5) is 30.5. The molecule has 1 aliphatic rings. The molecular formula is C13H17N3O4. The minimum atomic E-state index is -0.848. The summed E-state index contributed by atoms with van der Waals surface area (Å²) in [5.41, 5.74) is 0.432. The minimum Gasteiger partial charge on any atom is -0.480 e. The van der Waals surface area contributed by atoms with Gasteiger partial charge in [0.25, 0.3) is 5.91 Å². The van der Waals surface area contributed by atoms with Crippen molar-refractivity contribution in [3.05, 3.63) is 23.9 Å². The number of amides is 1. The lowest BCUT2D eigenvalue weighted by Crippen LogP contribution is -2.49. The maximum atomic E-state index is 12.4. The molecule has 0 bridgehead atoms. The summed E-state index contributed by atoms with van der Waals surface area (Å²) in [7, 11) is 1.48. The van der Waals surface area contributed by atoms with Crippen LogP contribution in [0.2, 0.25) is 0 Å². The minimum absolute atomic E-state index is 0.0121. The van der Waals surface area contributed by atoms with Gasteiger partial charge in [-0.15, -0.1) is 0 Å². The second-order valence-electron chi connectivity index (χ2n) is 4.52. The van der Waals surface area contributed by atoms with E-state index in [2.05, 4.69) is 4.98 Å². The largest absolute Gasteiger partial charge is 0.480 e. The molecule has 1 aromatic heterocycles. The van der Waals surface area contributed by atoms with Crippen LogP contribution in [0.1, 0.15) is 10.4 Å². The summed E-state index contributed by atoms with van der Waals surface area (Å²) in [5.74, 6) is -0.672. The van der Waals surface area contributed by atoms with Gasteiger partial charge in [0.15, 0.2) is 0 Å². The van der Waals surface area contributed by atoms with Gasteiger partial charge in [-0.2, -0.15) is 0 Å². The van der Waals surface area contributed by atoms with E-state index in [0.29, 0.717) is 37.6 Å². The molecule has 0 spiro atoms. The smallest absolute Gasteiger partial charge is 0.317 e. The molecule has 7 nitrogen and oxygen atoms in total. The number of hydrogen-bond acceptors (Lipinski definition) is 5. The van der Waals surface area contributed by atoms with Gasteiger partial charge in [0.2, 0.25) is 5.88 Å². The topological polar surface area (TPSA) is 83.0 Å². The van der Waals surface area contributed by atoms with E-state index in [1.165, 1.54) is 7.11 Å². The number of carbonyl (C=O) groups excluding carboxylic acids is 1. The second-order valence-corrected chi connectivity index (χ2v) is 4.52. The first-order chi connectivity index (χ1) is 9.61. The number of aromatic nitrogens is 1. The molecule has 0 atom stereocenters. The molecule has 0 saturated carbocycles. The van der Waals surface area contributed by atoms with Crippen LogP contribution in [-0.4, -0.2) is 71.6 Å². The predicted molar refractivity (Wildman–Crippen MR) is 70.8 cm³/mol. The summed E-state index contributed by atoms with van der Waals surface area (Å²) in [5, 5.41) is 8.74. The number of hydrogen-bond donors (Lipinski definition) is 1. The third kappa shape index (κ3) is 3.24. The molecule has 108 valence electrons. The van der Waals surface area contributed by atoms with Crippen molar-refractivity contribution in [3.8, 4) is 5.88 Å². The maximum Gasteiger partial charge on any atom is 0.317 e. The van der Waals surface area contributed by atoms with E-state index in [1.54, 1.807) is 23.2 Å². The molecule has 0 aliphatic carbocycles. The van der Waals surface area contributed by atoms with Crippen molar-refractivity contribution in [1.29, 1.82) is 0 Å². The summed E-state index contributed by atoms with van der Waals surface area (Å²) in [6, 6.07) is 3.37. The van der Waals surface area contributed by atoms with Crippen LogP contribution in [0.3, 0.4) is 0 Å². The average molecular weight is 279 g/mol. The van der Waals surface area contributed by atoms with Crippen LogP contribution < -0.4 is 4.74 Å². The van der Waals surface area contributed by atoms with Crippen LogP contribution in [0.5, 0.6) is 5.88 Å². The summed E-state index contributed by atoms with van der Waals surface area (Å²) >= 11 is 0. The highest BCUT2D eigenvalue weighted by atomic mass is 16.5. The number of rotatable bonds is 4. The maximum absolute atomic E-state index is 12.4. The molecule has 0 unspecified atom stereocenters.